The lowest BCUT2D eigenvalue weighted by Crippen LogP contribution is -2.76. The zero-order chi connectivity index (χ0) is 20.9. The molecule has 0 heterocycles. The average Bonchev–Trinajstić information content (AvgIpc) is 2.74. The fraction of sp³-hybridized carbons (Fsp3) is 1.00. The van der Waals surface area contributed by atoms with Crippen LogP contribution in [0, 0.1) is 70.0 Å². The van der Waals surface area contributed by atoms with Crippen LogP contribution in [0.2, 0.25) is 0 Å². The highest BCUT2D eigenvalue weighted by molar-refractivity contribution is 14.1. The molecule has 29 heavy (non-hydrogen) atoms. The largest absolute Gasteiger partial charge is 0.316 e. The Labute approximate surface area is 194 Å². The van der Waals surface area contributed by atoms with Gasteiger partial charge in [0.25, 0.3) is 0 Å². The summed E-state index contributed by atoms with van der Waals surface area (Å²) >= 11 is 2.68. The van der Waals surface area contributed by atoms with Crippen LogP contribution in [-0.2, 0) is 0 Å². The van der Waals surface area contributed by atoms with Crippen molar-refractivity contribution in [3.63, 3.8) is 0 Å². The molecule has 13 unspecified atom stereocenters. The fourth-order valence-electron chi connectivity index (χ4n) is 11.0. The zero-order valence-electron chi connectivity index (χ0n) is 19.9. The standard InChI is InChI=1S/C27H46IN/c1-7-18-12-19-13-21-22(18)15(3)9-10-25(6)24(17(5)27(25,28)29)26(8-2)14-20(23(21)26)11-16(19)4/h15-24H,7-14,29H2,1-6H3. The van der Waals surface area contributed by atoms with Crippen molar-refractivity contribution in [2.24, 2.45) is 75.7 Å². The van der Waals surface area contributed by atoms with Crippen molar-refractivity contribution in [1.82, 2.24) is 0 Å². The minimum atomic E-state index is -0.0113. The van der Waals surface area contributed by atoms with Crippen LogP contribution in [0.1, 0.15) is 92.9 Å². The second-order valence-electron chi connectivity index (χ2n) is 12.9. The van der Waals surface area contributed by atoms with E-state index in [1.165, 1.54) is 44.9 Å². The highest BCUT2D eigenvalue weighted by Crippen LogP contribution is 2.78. The first-order chi connectivity index (χ1) is 13.6. The van der Waals surface area contributed by atoms with Gasteiger partial charge in [0.15, 0.2) is 0 Å². The van der Waals surface area contributed by atoms with Gasteiger partial charge in [0.1, 0.15) is 0 Å². The van der Waals surface area contributed by atoms with Crippen molar-refractivity contribution < 1.29 is 0 Å². The van der Waals surface area contributed by atoms with Crippen LogP contribution in [-0.4, -0.2) is 3.55 Å². The molecule has 166 valence electrons. The van der Waals surface area contributed by atoms with Crippen LogP contribution in [0.4, 0.5) is 0 Å². The topological polar surface area (TPSA) is 26.0 Å². The van der Waals surface area contributed by atoms with E-state index < -0.39 is 0 Å². The van der Waals surface area contributed by atoms with Gasteiger partial charge in [-0.3, -0.25) is 0 Å². The monoisotopic (exact) mass is 511 g/mol. The summed E-state index contributed by atoms with van der Waals surface area (Å²) in [5.41, 5.74) is 8.02. The Hall–Kier alpha value is 0.690. The summed E-state index contributed by atoms with van der Waals surface area (Å²) in [7, 11) is 0. The third-order valence-corrected chi connectivity index (χ3v) is 14.5. The van der Waals surface area contributed by atoms with E-state index in [4.69, 9.17) is 5.73 Å². The number of hydrogen-bond donors (Lipinski definition) is 1. The van der Waals surface area contributed by atoms with Gasteiger partial charge in [0.2, 0.25) is 0 Å². The molecule has 5 aliphatic carbocycles. The van der Waals surface area contributed by atoms with Gasteiger partial charge < -0.3 is 5.73 Å². The van der Waals surface area contributed by atoms with Gasteiger partial charge in [-0.1, -0.05) is 70.6 Å². The number of rotatable bonds is 2. The number of nitrogens with two attached hydrogens (primary N) is 1. The molecule has 0 aromatic heterocycles. The average molecular weight is 512 g/mol. The Kier molecular flexibility index (Phi) is 5.08. The van der Waals surface area contributed by atoms with E-state index in [1.54, 1.807) is 6.42 Å². The normalized spacial score (nSPS) is 63.7. The van der Waals surface area contributed by atoms with Gasteiger partial charge in [0.05, 0.1) is 3.55 Å². The Bertz CT molecular complexity index is 659. The molecule has 0 amide bonds. The Morgan fingerprint density at radius 2 is 1.72 bits per heavy atom. The van der Waals surface area contributed by atoms with Gasteiger partial charge in [-0.05, 0) is 115 Å². The fourth-order valence-corrected chi connectivity index (χ4v) is 12.0. The van der Waals surface area contributed by atoms with E-state index in [9.17, 15) is 0 Å². The quantitative estimate of drug-likeness (QED) is 0.232. The van der Waals surface area contributed by atoms with Crippen LogP contribution in [0.3, 0.4) is 0 Å². The molecule has 1 nitrogen and oxygen atoms in total. The molecule has 13 atom stereocenters. The zero-order valence-corrected chi connectivity index (χ0v) is 22.0. The van der Waals surface area contributed by atoms with Gasteiger partial charge in [0, 0.05) is 0 Å². The summed E-state index contributed by atoms with van der Waals surface area (Å²) < 4.78 is -0.0113. The second kappa shape index (κ2) is 6.84. The van der Waals surface area contributed by atoms with Crippen molar-refractivity contribution >= 4 is 22.6 Å². The lowest BCUT2D eigenvalue weighted by Gasteiger charge is -2.75. The highest BCUT2D eigenvalue weighted by Gasteiger charge is 2.75. The number of fused-ring (bicyclic) bond motifs is 3. The summed E-state index contributed by atoms with van der Waals surface area (Å²) in [4.78, 5) is 0. The van der Waals surface area contributed by atoms with Crippen LogP contribution < -0.4 is 5.73 Å². The van der Waals surface area contributed by atoms with E-state index in [-0.39, 0.29) is 3.55 Å². The lowest BCUT2D eigenvalue weighted by molar-refractivity contribution is -0.236. The molecule has 5 rings (SSSR count). The predicted octanol–water partition coefficient (Wildman–Crippen LogP) is 7.52. The van der Waals surface area contributed by atoms with Crippen molar-refractivity contribution in [3.8, 4) is 0 Å². The first-order valence-corrected chi connectivity index (χ1v) is 14.2. The van der Waals surface area contributed by atoms with Gasteiger partial charge >= 0.3 is 0 Å². The molecule has 5 fully saturated rings. The van der Waals surface area contributed by atoms with E-state index in [2.05, 4.69) is 64.1 Å². The Morgan fingerprint density at radius 3 is 2.38 bits per heavy atom. The molecular formula is C27H46IN. The molecule has 0 radical (unpaired) electrons. The maximum Gasteiger partial charge on any atom is 0.0766 e. The van der Waals surface area contributed by atoms with Crippen molar-refractivity contribution in [2.75, 3.05) is 0 Å². The minimum absolute atomic E-state index is 0.0113. The molecule has 0 spiro atoms. The Balaban J connectivity index is 1.65. The first kappa shape index (κ1) is 21.5. The third-order valence-electron chi connectivity index (χ3n) is 12.3. The molecule has 2 heteroatoms. The minimum Gasteiger partial charge on any atom is -0.316 e. The van der Waals surface area contributed by atoms with Gasteiger partial charge in [-0.2, -0.15) is 0 Å². The summed E-state index contributed by atoms with van der Waals surface area (Å²) in [5, 5.41) is 0. The number of hydrogen-bond acceptors (Lipinski definition) is 1. The van der Waals surface area contributed by atoms with E-state index in [1.807, 2.05) is 0 Å². The van der Waals surface area contributed by atoms with Gasteiger partial charge in [-0.25, -0.2) is 0 Å². The summed E-state index contributed by atoms with van der Waals surface area (Å²) in [6, 6.07) is 0. The molecule has 2 bridgehead atoms. The van der Waals surface area contributed by atoms with Crippen LogP contribution in [0.5, 0.6) is 0 Å². The molecule has 5 saturated carbocycles. The van der Waals surface area contributed by atoms with Crippen LogP contribution in [0.15, 0.2) is 0 Å². The molecule has 0 aromatic carbocycles. The van der Waals surface area contributed by atoms with Crippen molar-refractivity contribution in [3.05, 3.63) is 0 Å². The molecule has 0 aliphatic heterocycles. The maximum atomic E-state index is 7.10. The highest BCUT2D eigenvalue weighted by atomic mass is 127. The summed E-state index contributed by atoms with van der Waals surface area (Å²) in [6.07, 6.45) is 11.7. The second-order valence-corrected chi connectivity index (χ2v) is 14.7. The molecule has 5 aliphatic rings. The number of halogens is 1. The molecular weight excluding hydrogens is 465 g/mol. The Morgan fingerprint density at radius 1 is 1.00 bits per heavy atom. The van der Waals surface area contributed by atoms with Crippen LogP contribution in [0.25, 0.3) is 0 Å². The lowest BCUT2D eigenvalue weighted by atomic mass is 9.33. The third kappa shape index (κ3) is 2.54. The SMILES string of the molecule is CCC1CC2CC3C1C(C)CCC1(C)C(C(C)C1(N)I)C1(CC)CC(CC2C)C31. The summed E-state index contributed by atoms with van der Waals surface area (Å²) in [6.45, 7) is 15.4. The van der Waals surface area contributed by atoms with E-state index in [0.29, 0.717) is 16.7 Å². The predicted molar refractivity (Wildman–Crippen MR) is 132 cm³/mol. The van der Waals surface area contributed by atoms with Crippen molar-refractivity contribution in [1.29, 1.82) is 0 Å². The maximum absolute atomic E-state index is 7.10. The molecule has 0 saturated heterocycles. The summed E-state index contributed by atoms with van der Waals surface area (Å²) in [5.74, 6) is 9.36. The smallest absolute Gasteiger partial charge is 0.0766 e. The van der Waals surface area contributed by atoms with E-state index in [0.717, 1.165) is 53.3 Å². The van der Waals surface area contributed by atoms with Gasteiger partial charge in [-0.15, -0.1) is 0 Å². The van der Waals surface area contributed by atoms with Crippen LogP contribution >= 0.6 is 22.6 Å². The number of alkyl halides is 1. The van der Waals surface area contributed by atoms with Crippen molar-refractivity contribution in [2.45, 2.75) is 96.5 Å². The molecule has 2 N–H and O–H groups in total. The first-order valence-electron chi connectivity index (χ1n) is 13.1. The molecule has 0 aromatic rings. The van der Waals surface area contributed by atoms with E-state index >= 15 is 0 Å².